The fourth-order valence-electron chi connectivity index (χ4n) is 4.01. The SMILES string of the molecule is CC[C@@H](C)c1ccccc1NC(=O)CSc1nnc(-c2ccc(OC)cc2)n1CCc1ccccc1. The van der Waals surface area contributed by atoms with Crippen LogP contribution in [0.25, 0.3) is 11.4 Å². The number of benzene rings is 3. The van der Waals surface area contributed by atoms with Gasteiger partial charge < -0.3 is 14.6 Å². The number of carbonyl (C=O) groups is 1. The summed E-state index contributed by atoms with van der Waals surface area (Å²) in [6, 6.07) is 26.2. The lowest BCUT2D eigenvalue weighted by Gasteiger charge is -2.15. The van der Waals surface area contributed by atoms with Gasteiger partial charge in [-0.05, 0) is 60.2 Å². The van der Waals surface area contributed by atoms with Crippen LogP contribution in [0.5, 0.6) is 5.75 Å². The number of methoxy groups -OCH3 is 1. The molecule has 0 bridgehead atoms. The molecule has 0 radical (unpaired) electrons. The minimum absolute atomic E-state index is 0.0561. The Bertz CT molecular complexity index is 1270. The van der Waals surface area contributed by atoms with E-state index in [9.17, 15) is 4.79 Å². The highest BCUT2D eigenvalue weighted by Gasteiger charge is 2.17. The number of hydrogen-bond donors (Lipinski definition) is 1. The van der Waals surface area contributed by atoms with Crippen molar-refractivity contribution in [2.75, 3.05) is 18.2 Å². The van der Waals surface area contributed by atoms with Crippen molar-refractivity contribution in [1.82, 2.24) is 14.8 Å². The number of carbonyl (C=O) groups excluding carboxylic acids is 1. The number of aryl methyl sites for hydroxylation is 1. The third-order valence-corrected chi connectivity index (χ3v) is 7.21. The zero-order valence-corrected chi connectivity index (χ0v) is 21.8. The highest BCUT2D eigenvalue weighted by Crippen LogP contribution is 2.28. The third kappa shape index (κ3) is 6.34. The van der Waals surface area contributed by atoms with Gasteiger partial charge in [-0.1, -0.05) is 74.1 Å². The number of thioether (sulfide) groups is 1. The van der Waals surface area contributed by atoms with Gasteiger partial charge in [0.2, 0.25) is 5.91 Å². The fraction of sp³-hybridized carbons (Fsp3) is 0.276. The first kappa shape index (κ1) is 25.5. The molecule has 1 N–H and O–H groups in total. The Morgan fingerprint density at radius 1 is 1.00 bits per heavy atom. The number of anilines is 1. The predicted octanol–water partition coefficient (Wildman–Crippen LogP) is 6.44. The van der Waals surface area contributed by atoms with E-state index in [0.29, 0.717) is 12.5 Å². The van der Waals surface area contributed by atoms with Crippen LogP contribution in [0.4, 0.5) is 5.69 Å². The molecule has 0 aliphatic carbocycles. The molecule has 1 atom stereocenters. The molecule has 4 aromatic rings. The minimum atomic E-state index is -0.0561. The first-order valence-corrected chi connectivity index (χ1v) is 13.2. The number of rotatable bonds is 11. The molecule has 0 aliphatic rings. The first-order valence-electron chi connectivity index (χ1n) is 12.2. The number of nitrogens with one attached hydrogen (secondary N) is 1. The van der Waals surface area contributed by atoms with E-state index in [0.717, 1.165) is 46.4 Å². The normalized spacial score (nSPS) is 11.8. The van der Waals surface area contributed by atoms with Gasteiger partial charge in [0.25, 0.3) is 0 Å². The van der Waals surface area contributed by atoms with Gasteiger partial charge in [-0.3, -0.25) is 4.79 Å². The zero-order chi connectivity index (χ0) is 25.3. The maximum absolute atomic E-state index is 12.9. The van der Waals surface area contributed by atoms with Gasteiger partial charge in [-0.25, -0.2) is 0 Å². The van der Waals surface area contributed by atoms with E-state index in [4.69, 9.17) is 4.74 Å². The summed E-state index contributed by atoms with van der Waals surface area (Å²) < 4.78 is 7.40. The van der Waals surface area contributed by atoms with Crippen LogP contribution in [0.1, 0.15) is 37.3 Å². The number of ether oxygens (including phenoxy) is 1. The summed E-state index contributed by atoms with van der Waals surface area (Å²) in [5, 5.41) is 12.8. The summed E-state index contributed by atoms with van der Waals surface area (Å²) in [6.45, 7) is 5.04. The molecule has 1 amide bonds. The number of aromatic nitrogens is 3. The van der Waals surface area contributed by atoms with E-state index in [1.54, 1.807) is 7.11 Å². The van der Waals surface area contributed by atoms with Crippen molar-refractivity contribution in [2.24, 2.45) is 0 Å². The van der Waals surface area contributed by atoms with Crippen LogP contribution >= 0.6 is 11.8 Å². The smallest absolute Gasteiger partial charge is 0.234 e. The summed E-state index contributed by atoms with van der Waals surface area (Å²) in [6.07, 6.45) is 1.85. The van der Waals surface area contributed by atoms with Gasteiger partial charge >= 0.3 is 0 Å². The summed E-state index contributed by atoms with van der Waals surface area (Å²) >= 11 is 1.41. The molecule has 0 spiro atoms. The lowest BCUT2D eigenvalue weighted by atomic mass is 9.97. The van der Waals surface area contributed by atoms with Crippen LogP contribution in [0.15, 0.2) is 84.0 Å². The predicted molar refractivity (Wildman–Crippen MR) is 147 cm³/mol. The Labute approximate surface area is 217 Å². The van der Waals surface area contributed by atoms with Crippen LogP contribution in [0, 0.1) is 0 Å². The second kappa shape index (κ2) is 12.4. The number of amides is 1. The summed E-state index contributed by atoms with van der Waals surface area (Å²) in [4.78, 5) is 12.9. The number of nitrogens with zero attached hydrogens (tertiary/aromatic N) is 3. The maximum Gasteiger partial charge on any atom is 0.234 e. The van der Waals surface area contributed by atoms with E-state index < -0.39 is 0 Å². The molecule has 36 heavy (non-hydrogen) atoms. The standard InChI is InChI=1S/C29H32N4O2S/c1-4-21(2)25-12-8-9-13-26(25)30-27(34)20-36-29-32-31-28(23-14-16-24(35-3)17-15-23)33(29)19-18-22-10-6-5-7-11-22/h5-17,21H,4,18-20H2,1-3H3,(H,30,34)/t21-/m1/s1. The monoisotopic (exact) mass is 500 g/mol. The highest BCUT2D eigenvalue weighted by atomic mass is 32.2. The van der Waals surface area contributed by atoms with Crippen molar-refractivity contribution < 1.29 is 9.53 Å². The minimum Gasteiger partial charge on any atom is -0.497 e. The highest BCUT2D eigenvalue weighted by molar-refractivity contribution is 7.99. The topological polar surface area (TPSA) is 69.0 Å². The second-order valence-corrected chi connectivity index (χ2v) is 9.60. The quantitative estimate of drug-likeness (QED) is 0.240. The molecule has 1 aromatic heterocycles. The first-order chi connectivity index (χ1) is 17.6. The van der Waals surface area contributed by atoms with Crippen molar-refractivity contribution in [3.63, 3.8) is 0 Å². The Balaban J connectivity index is 1.51. The molecule has 4 rings (SSSR count). The number of para-hydroxylation sites is 1. The van der Waals surface area contributed by atoms with E-state index in [1.165, 1.54) is 17.3 Å². The van der Waals surface area contributed by atoms with Gasteiger partial charge in [-0.2, -0.15) is 0 Å². The fourth-order valence-corrected chi connectivity index (χ4v) is 4.78. The van der Waals surface area contributed by atoms with Gasteiger partial charge in [0.1, 0.15) is 5.75 Å². The van der Waals surface area contributed by atoms with E-state index in [-0.39, 0.29) is 11.7 Å². The molecular weight excluding hydrogens is 468 g/mol. The van der Waals surface area contributed by atoms with Gasteiger partial charge in [0.05, 0.1) is 12.9 Å². The largest absolute Gasteiger partial charge is 0.497 e. The maximum atomic E-state index is 12.9. The van der Waals surface area contributed by atoms with Crippen LogP contribution in [0.2, 0.25) is 0 Å². The Morgan fingerprint density at radius 2 is 1.72 bits per heavy atom. The van der Waals surface area contributed by atoms with E-state index in [1.807, 2.05) is 60.7 Å². The number of hydrogen-bond acceptors (Lipinski definition) is 5. The Morgan fingerprint density at radius 3 is 2.44 bits per heavy atom. The molecule has 6 nitrogen and oxygen atoms in total. The average Bonchev–Trinajstić information content (AvgIpc) is 3.34. The molecule has 3 aromatic carbocycles. The van der Waals surface area contributed by atoms with Crippen LogP contribution < -0.4 is 10.1 Å². The van der Waals surface area contributed by atoms with Crippen molar-refractivity contribution in [3.05, 3.63) is 90.0 Å². The molecule has 1 heterocycles. The lowest BCUT2D eigenvalue weighted by molar-refractivity contribution is -0.113. The van der Waals surface area contributed by atoms with Crippen LogP contribution in [-0.2, 0) is 17.8 Å². The van der Waals surface area contributed by atoms with Gasteiger partial charge in [0.15, 0.2) is 11.0 Å². The van der Waals surface area contributed by atoms with E-state index in [2.05, 4.69) is 52.1 Å². The Hall–Kier alpha value is -3.58. The van der Waals surface area contributed by atoms with Crippen LogP contribution in [-0.4, -0.2) is 33.5 Å². The summed E-state index contributed by atoms with van der Waals surface area (Å²) in [7, 11) is 1.65. The van der Waals surface area contributed by atoms with E-state index >= 15 is 0 Å². The summed E-state index contributed by atoms with van der Waals surface area (Å²) in [5.41, 5.74) is 4.23. The molecule has 0 saturated carbocycles. The van der Waals surface area contributed by atoms with Crippen molar-refractivity contribution in [1.29, 1.82) is 0 Å². The molecule has 0 aliphatic heterocycles. The van der Waals surface area contributed by atoms with Crippen molar-refractivity contribution >= 4 is 23.4 Å². The van der Waals surface area contributed by atoms with Crippen molar-refractivity contribution in [2.45, 2.75) is 44.3 Å². The molecule has 0 fully saturated rings. The molecule has 0 unspecified atom stereocenters. The van der Waals surface area contributed by atoms with Gasteiger partial charge in [0, 0.05) is 17.8 Å². The van der Waals surface area contributed by atoms with Crippen LogP contribution in [0.3, 0.4) is 0 Å². The van der Waals surface area contributed by atoms with Crippen molar-refractivity contribution in [3.8, 4) is 17.1 Å². The Kier molecular flexibility index (Phi) is 8.79. The molecular formula is C29H32N4O2S. The molecule has 7 heteroatoms. The summed E-state index contributed by atoms with van der Waals surface area (Å²) in [5.74, 6) is 2.14. The van der Waals surface area contributed by atoms with Gasteiger partial charge in [-0.15, -0.1) is 10.2 Å². The second-order valence-electron chi connectivity index (χ2n) is 8.66. The molecule has 186 valence electrons. The zero-order valence-electron chi connectivity index (χ0n) is 21.0. The lowest BCUT2D eigenvalue weighted by Crippen LogP contribution is -2.16. The average molecular weight is 501 g/mol. The molecule has 0 saturated heterocycles. The third-order valence-electron chi connectivity index (χ3n) is 6.24.